The molecule has 0 atom stereocenters. The summed E-state index contributed by atoms with van der Waals surface area (Å²) < 4.78 is 1.78. The third-order valence-electron chi connectivity index (χ3n) is 6.04. The van der Waals surface area contributed by atoms with Crippen LogP contribution in [-0.4, -0.2) is 41.7 Å². The summed E-state index contributed by atoms with van der Waals surface area (Å²) in [6.45, 7) is 12.7. The summed E-state index contributed by atoms with van der Waals surface area (Å²) in [7, 11) is 0. The van der Waals surface area contributed by atoms with Crippen LogP contribution in [0.3, 0.4) is 0 Å². The molecular weight excluding hydrogens is 394 g/mol. The summed E-state index contributed by atoms with van der Waals surface area (Å²) in [4.78, 5) is 15.6. The van der Waals surface area contributed by atoms with Crippen LogP contribution < -0.4 is 5.32 Å². The number of amides is 1. The quantitative estimate of drug-likeness (QED) is 0.549. The van der Waals surface area contributed by atoms with Crippen LogP contribution in [0, 0.1) is 12.3 Å². The summed E-state index contributed by atoms with van der Waals surface area (Å²) in [5, 5.41) is 4.25. The van der Waals surface area contributed by atoms with Gasteiger partial charge in [-0.2, -0.15) is 0 Å². The Morgan fingerprint density at radius 3 is 2.62 bits per heavy atom. The van der Waals surface area contributed by atoms with Gasteiger partial charge in [0.2, 0.25) is 0 Å². The van der Waals surface area contributed by atoms with E-state index in [1.165, 1.54) is 22.3 Å². The lowest BCUT2D eigenvalue weighted by atomic mass is 9.93. The van der Waals surface area contributed by atoms with E-state index in [0.29, 0.717) is 12.0 Å². The molecule has 0 saturated carbocycles. The third-order valence-corrected chi connectivity index (χ3v) is 6.04. The van der Waals surface area contributed by atoms with Gasteiger partial charge in [0, 0.05) is 43.3 Å². The van der Waals surface area contributed by atoms with Gasteiger partial charge < -0.3 is 5.32 Å². The van der Waals surface area contributed by atoms with Crippen molar-refractivity contribution in [2.45, 2.75) is 40.5 Å². The van der Waals surface area contributed by atoms with Crippen molar-refractivity contribution in [1.82, 2.24) is 14.8 Å². The molecule has 0 bridgehead atoms. The summed E-state index contributed by atoms with van der Waals surface area (Å²) in [5.74, 6) is 0. The number of rotatable bonds is 5. The fraction of sp³-hybridized carbons (Fsp3) is 0.393. The van der Waals surface area contributed by atoms with Gasteiger partial charge in [-0.25, -0.2) is 4.79 Å². The normalized spacial score (nSPS) is 15.1. The Morgan fingerprint density at radius 1 is 1.09 bits per heavy atom. The van der Waals surface area contributed by atoms with E-state index in [9.17, 15) is 4.79 Å². The second-order valence-electron chi connectivity index (χ2n) is 10.2. The first-order chi connectivity index (χ1) is 15.3. The second kappa shape index (κ2) is 9.33. The largest absolute Gasteiger partial charge is 0.337 e. The zero-order valence-electron chi connectivity index (χ0n) is 19.8. The number of aryl methyl sites for hydroxylation is 1. The lowest BCUT2D eigenvalue weighted by Crippen LogP contribution is -2.35. The molecule has 4 heteroatoms. The molecule has 0 unspecified atom stereocenters. The number of aromatic nitrogens is 1. The van der Waals surface area contributed by atoms with Crippen LogP contribution in [0.5, 0.6) is 0 Å². The molecule has 3 aromatic rings. The molecule has 1 amide bonds. The number of nitrogens with one attached hydrogen (secondary N) is 1. The van der Waals surface area contributed by atoms with Gasteiger partial charge in [-0.1, -0.05) is 74.9 Å². The van der Waals surface area contributed by atoms with E-state index < -0.39 is 0 Å². The Kier molecular flexibility index (Phi) is 6.52. The SMILES string of the molecule is Cc1cccc(CCNC(=O)n2cc(C3=CCN(CC(C)(C)C)CC3)c3ccccc32)c1. The van der Waals surface area contributed by atoms with Crippen LogP contribution in [0.1, 0.15) is 43.9 Å². The number of hydrogen-bond donors (Lipinski definition) is 1. The fourth-order valence-corrected chi connectivity index (χ4v) is 4.64. The molecule has 1 aliphatic rings. The molecule has 0 spiro atoms. The smallest absolute Gasteiger partial charge is 0.326 e. The number of carbonyl (C=O) groups excluding carboxylic acids is 1. The lowest BCUT2D eigenvalue weighted by molar-refractivity contribution is 0.207. The standard InChI is InChI=1S/C28H35N3O/c1-21-8-7-9-22(18-21)12-15-29-27(32)31-19-25(24-10-5-6-11-26(24)31)23-13-16-30(17-14-23)20-28(2,3)4/h5-11,13,18-19H,12,14-17,20H2,1-4H3,(H,29,32). The summed E-state index contributed by atoms with van der Waals surface area (Å²) in [5.41, 5.74) is 6.29. The van der Waals surface area contributed by atoms with Crippen LogP contribution in [0.4, 0.5) is 4.79 Å². The van der Waals surface area contributed by atoms with Crippen molar-refractivity contribution in [3.8, 4) is 0 Å². The average molecular weight is 430 g/mol. The minimum atomic E-state index is -0.0640. The molecule has 0 fully saturated rings. The zero-order chi connectivity index (χ0) is 22.7. The van der Waals surface area contributed by atoms with Gasteiger partial charge in [-0.15, -0.1) is 0 Å². The molecule has 2 heterocycles. The maximum Gasteiger partial charge on any atom is 0.326 e. The fourth-order valence-electron chi connectivity index (χ4n) is 4.64. The molecule has 0 aliphatic carbocycles. The van der Waals surface area contributed by atoms with E-state index in [1.807, 2.05) is 18.3 Å². The molecule has 1 aliphatic heterocycles. The van der Waals surface area contributed by atoms with E-state index in [0.717, 1.165) is 43.4 Å². The Hall–Kier alpha value is -2.85. The van der Waals surface area contributed by atoms with Crippen LogP contribution in [0.2, 0.25) is 0 Å². The molecule has 2 aromatic carbocycles. The number of hydrogen-bond acceptors (Lipinski definition) is 2. The molecule has 1 aromatic heterocycles. The van der Waals surface area contributed by atoms with Crippen molar-refractivity contribution >= 4 is 22.5 Å². The number of carbonyl (C=O) groups is 1. The van der Waals surface area contributed by atoms with Crippen LogP contribution in [-0.2, 0) is 6.42 Å². The summed E-state index contributed by atoms with van der Waals surface area (Å²) >= 11 is 0. The van der Waals surface area contributed by atoms with Crippen molar-refractivity contribution in [1.29, 1.82) is 0 Å². The van der Waals surface area contributed by atoms with Crippen LogP contribution >= 0.6 is 0 Å². The molecule has 1 N–H and O–H groups in total. The Labute approximate surface area is 191 Å². The first-order valence-electron chi connectivity index (χ1n) is 11.7. The molecule has 4 nitrogen and oxygen atoms in total. The number of fused-ring (bicyclic) bond motifs is 1. The molecule has 0 radical (unpaired) electrons. The van der Waals surface area contributed by atoms with E-state index in [4.69, 9.17) is 0 Å². The first kappa shape index (κ1) is 22.3. The van der Waals surface area contributed by atoms with E-state index in [2.05, 4.69) is 80.4 Å². The minimum absolute atomic E-state index is 0.0640. The molecule has 4 rings (SSSR count). The Morgan fingerprint density at radius 2 is 1.91 bits per heavy atom. The Bertz CT molecular complexity index is 1130. The van der Waals surface area contributed by atoms with Crippen molar-refractivity contribution in [2.24, 2.45) is 5.41 Å². The van der Waals surface area contributed by atoms with Gasteiger partial charge in [0.1, 0.15) is 0 Å². The predicted octanol–water partition coefficient (Wildman–Crippen LogP) is 5.89. The first-order valence-corrected chi connectivity index (χ1v) is 11.7. The predicted molar refractivity (Wildman–Crippen MR) is 134 cm³/mol. The average Bonchev–Trinajstić information content (AvgIpc) is 3.13. The topological polar surface area (TPSA) is 37.3 Å². The van der Waals surface area contributed by atoms with E-state index in [1.54, 1.807) is 4.57 Å². The van der Waals surface area contributed by atoms with Crippen LogP contribution in [0.25, 0.3) is 16.5 Å². The van der Waals surface area contributed by atoms with Crippen molar-refractivity contribution < 1.29 is 4.79 Å². The lowest BCUT2D eigenvalue weighted by Gasteiger charge is -2.32. The number of para-hydroxylation sites is 1. The highest BCUT2D eigenvalue weighted by atomic mass is 16.2. The molecule has 168 valence electrons. The van der Waals surface area contributed by atoms with Gasteiger partial charge in [-0.05, 0) is 42.4 Å². The second-order valence-corrected chi connectivity index (χ2v) is 10.2. The molecular formula is C28H35N3O. The number of benzene rings is 2. The van der Waals surface area contributed by atoms with Gasteiger partial charge in [0.05, 0.1) is 5.52 Å². The highest BCUT2D eigenvalue weighted by molar-refractivity contribution is 5.99. The minimum Gasteiger partial charge on any atom is -0.337 e. The Balaban J connectivity index is 1.50. The van der Waals surface area contributed by atoms with Crippen molar-refractivity contribution in [3.05, 3.63) is 77.5 Å². The summed E-state index contributed by atoms with van der Waals surface area (Å²) in [6, 6.07) is 16.6. The van der Waals surface area contributed by atoms with Crippen LogP contribution in [0.15, 0.2) is 60.8 Å². The highest BCUT2D eigenvalue weighted by Crippen LogP contribution is 2.31. The number of nitrogens with zero attached hydrogens (tertiary/aromatic N) is 2. The van der Waals surface area contributed by atoms with E-state index in [-0.39, 0.29) is 6.03 Å². The van der Waals surface area contributed by atoms with Crippen molar-refractivity contribution in [2.75, 3.05) is 26.2 Å². The highest BCUT2D eigenvalue weighted by Gasteiger charge is 2.21. The third kappa shape index (κ3) is 5.31. The van der Waals surface area contributed by atoms with Gasteiger partial charge in [0.25, 0.3) is 0 Å². The zero-order valence-corrected chi connectivity index (χ0v) is 19.8. The molecule has 0 saturated heterocycles. The van der Waals surface area contributed by atoms with Gasteiger partial charge >= 0.3 is 6.03 Å². The van der Waals surface area contributed by atoms with E-state index >= 15 is 0 Å². The molecule has 32 heavy (non-hydrogen) atoms. The maximum absolute atomic E-state index is 13.0. The monoisotopic (exact) mass is 429 g/mol. The van der Waals surface area contributed by atoms with Crippen molar-refractivity contribution in [3.63, 3.8) is 0 Å². The van der Waals surface area contributed by atoms with Gasteiger partial charge in [-0.3, -0.25) is 9.47 Å². The summed E-state index contributed by atoms with van der Waals surface area (Å²) in [6.07, 6.45) is 6.21. The maximum atomic E-state index is 13.0. The van der Waals surface area contributed by atoms with Gasteiger partial charge in [0.15, 0.2) is 0 Å².